The Hall–Kier alpha value is -1.83. The number of hydrogen-bond donors (Lipinski definition) is 1. The zero-order chi connectivity index (χ0) is 13.9. The van der Waals surface area contributed by atoms with Crippen molar-refractivity contribution in [2.45, 2.75) is 52.3 Å². The van der Waals surface area contributed by atoms with Crippen LogP contribution < -0.4 is 0 Å². The first-order chi connectivity index (χ1) is 9.00. The third-order valence-corrected chi connectivity index (χ3v) is 2.80. The third-order valence-electron chi connectivity index (χ3n) is 2.80. The van der Waals surface area contributed by atoms with Crippen LogP contribution in [0.5, 0.6) is 0 Å². The van der Waals surface area contributed by atoms with Crippen molar-refractivity contribution in [2.24, 2.45) is 0 Å². The zero-order valence-corrected chi connectivity index (χ0v) is 11.5. The lowest BCUT2D eigenvalue weighted by atomic mass is 10.1. The number of rotatable bonds is 6. The van der Waals surface area contributed by atoms with Crippen molar-refractivity contribution in [1.82, 2.24) is 35.2 Å². The Bertz CT molecular complexity index is 525. The monoisotopic (exact) mass is 265 g/mol. The Labute approximate surface area is 111 Å². The first kappa shape index (κ1) is 13.6. The predicted octanol–water partition coefficient (Wildman–Crippen LogP) is 0.340. The van der Waals surface area contributed by atoms with Gasteiger partial charge in [0.2, 0.25) is 0 Å². The van der Waals surface area contributed by atoms with Gasteiger partial charge in [-0.05, 0) is 30.7 Å². The van der Waals surface area contributed by atoms with Gasteiger partial charge in [-0.25, -0.2) is 9.36 Å². The molecule has 2 aromatic rings. The number of aromatic nitrogens is 7. The van der Waals surface area contributed by atoms with E-state index in [0.29, 0.717) is 12.2 Å². The van der Waals surface area contributed by atoms with E-state index in [-0.39, 0.29) is 0 Å². The Kier molecular flexibility index (Phi) is 3.89. The Morgan fingerprint density at radius 3 is 2.68 bits per heavy atom. The van der Waals surface area contributed by atoms with E-state index in [9.17, 15) is 5.11 Å². The van der Waals surface area contributed by atoms with Gasteiger partial charge in [-0.1, -0.05) is 18.6 Å². The molecule has 0 fully saturated rings. The molecule has 19 heavy (non-hydrogen) atoms. The van der Waals surface area contributed by atoms with Crippen LogP contribution in [0.25, 0.3) is 0 Å². The molecule has 8 heteroatoms. The highest BCUT2D eigenvalue weighted by atomic mass is 16.3. The molecule has 0 bridgehead atoms. The molecule has 2 rings (SSSR count). The van der Waals surface area contributed by atoms with Gasteiger partial charge in [-0.2, -0.15) is 0 Å². The van der Waals surface area contributed by atoms with Crippen LogP contribution in [0.15, 0.2) is 6.20 Å². The largest absolute Gasteiger partial charge is 0.384 e. The number of hydrogen-bond acceptors (Lipinski definition) is 6. The first-order valence-electron chi connectivity index (χ1n) is 6.38. The van der Waals surface area contributed by atoms with E-state index in [0.717, 1.165) is 25.2 Å². The number of nitrogens with zero attached hydrogens (tertiary/aromatic N) is 7. The Balaban J connectivity index is 2.09. The number of tetrazole rings is 1. The van der Waals surface area contributed by atoms with Crippen molar-refractivity contribution in [3.8, 4) is 0 Å². The lowest BCUT2D eigenvalue weighted by Crippen LogP contribution is -2.16. The Morgan fingerprint density at radius 2 is 2.05 bits per heavy atom. The van der Waals surface area contributed by atoms with Crippen molar-refractivity contribution >= 4 is 0 Å². The van der Waals surface area contributed by atoms with Crippen molar-refractivity contribution in [3.63, 3.8) is 0 Å². The maximum Gasteiger partial charge on any atom is 0.172 e. The third kappa shape index (κ3) is 3.34. The SMILES string of the molecule is CCCCn1nnnc1Cn1cc(C(C)(C)O)nn1. The molecule has 104 valence electrons. The molecular formula is C11H19N7O. The van der Waals surface area contributed by atoms with Crippen LogP contribution in [0.2, 0.25) is 0 Å². The molecule has 0 radical (unpaired) electrons. The second kappa shape index (κ2) is 5.43. The second-order valence-electron chi connectivity index (χ2n) is 5.03. The highest BCUT2D eigenvalue weighted by molar-refractivity contribution is 5.03. The van der Waals surface area contributed by atoms with E-state index in [2.05, 4.69) is 32.8 Å². The predicted molar refractivity (Wildman–Crippen MR) is 67.1 cm³/mol. The van der Waals surface area contributed by atoms with Crippen LogP contribution in [0.4, 0.5) is 0 Å². The van der Waals surface area contributed by atoms with E-state index in [1.54, 1.807) is 29.4 Å². The molecule has 0 unspecified atom stereocenters. The van der Waals surface area contributed by atoms with Gasteiger partial charge in [0.25, 0.3) is 0 Å². The van der Waals surface area contributed by atoms with Crippen LogP contribution in [0.3, 0.4) is 0 Å². The summed E-state index contributed by atoms with van der Waals surface area (Å²) in [5.74, 6) is 0.737. The van der Waals surface area contributed by atoms with Crippen LogP contribution in [-0.4, -0.2) is 40.3 Å². The minimum Gasteiger partial charge on any atom is -0.384 e. The quantitative estimate of drug-likeness (QED) is 0.809. The van der Waals surface area contributed by atoms with Crippen LogP contribution in [0, 0.1) is 0 Å². The van der Waals surface area contributed by atoms with Crippen molar-refractivity contribution in [3.05, 3.63) is 17.7 Å². The average molecular weight is 265 g/mol. The van der Waals surface area contributed by atoms with Gasteiger partial charge in [-0.15, -0.1) is 10.2 Å². The number of unbranched alkanes of at least 4 members (excludes halogenated alkanes) is 1. The molecule has 0 saturated heterocycles. The van der Waals surface area contributed by atoms with Crippen molar-refractivity contribution in [2.75, 3.05) is 0 Å². The fraction of sp³-hybridized carbons (Fsp3) is 0.727. The zero-order valence-electron chi connectivity index (χ0n) is 11.5. The molecule has 0 saturated carbocycles. The fourth-order valence-corrected chi connectivity index (χ4v) is 1.62. The molecule has 8 nitrogen and oxygen atoms in total. The molecule has 1 N–H and O–H groups in total. The van der Waals surface area contributed by atoms with Gasteiger partial charge in [-0.3, -0.25) is 0 Å². The van der Waals surface area contributed by atoms with Crippen LogP contribution in [0.1, 0.15) is 45.1 Å². The summed E-state index contributed by atoms with van der Waals surface area (Å²) in [7, 11) is 0. The minimum atomic E-state index is -0.994. The standard InChI is InChI=1S/C11H19N7O/c1-4-5-6-18-10(13-14-16-18)8-17-7-9(12-15-17)11(2,3)19/h7,19H,4-6,8H2,1-3H3. The highest BCUT2D eigenvalue weighted by Crippen LogP contribution is 2.15. The van der Waals surface area contributed by atoms with E-state index in [1.165, 1.54) is 0 Å². The average Bonchev–Trinajstić information content (AvgIpc) is 2.95. The van der Waals surface area contributed by atoms with Crippen LogP contribution >= 0.6 is 0 Å². The summed E-state index contributed by atoms with van der Waals surface area (Å²) in [6, 6.07) is 0. The highest BCUT2D eigenvalue weighted by Gasteiger charge is 2.20. The van der Waals surface area contributed by atoms with Crippen molar-refractivity contribution in [1.29, 1.82) is 0 Å². The summed E-state index contributed by atoms with van der Waals surface area (Å²) in [4.78, 5) is 0. The summed E-state index contributed by atoms with van der Waals surface area (Å²) in [5, 5.41) is 29.4. The Morgan fingerprint density at radius 1 is 1.26 bits per heavy atom. The van der Waals surface area contributed by atoms with Gasteiger partial charge in [0.1, 0.15) is 17.8 Å². The topological polar surface area (TPSA) is 94.5 Å². The molecule has 0 aliphatic heterocycles. The van der Waals surface area contributed by atoms with Gasteiger partial charge in [0.05, 0.1) is 6.20 Å². The molecule has 2 aromatic heterocycles. The van der Waals surface area contributed by atoms with Gasteiger partial charge >= 0.3 is 0 Å². The molecule has 0 aliphatic rings. The van der Waals surface area contributed by atoms with E-state index in [1.807, 2.05) is 0 Å². The maximum atomic E-state index is 9.84. The van der Waals surface area contributed by atoms with E-state index >= 15 is 0 Å². The summed E-state index contributed by atoms with van der Waals surface area (Å²) < 4.78 is 3.40. The molecule has 0 atom stereocenters. The summed E-state index contributed by atoms with van der Waals surface area (Å²) >= 11 is 0. The van der Waals surface area contributed by atoms with E-state index in [4.69, 9.17) is 0 Å². The van der Waals surface area contributed by atoms with E-state index < -0.39 is 5.60 Å². The maximum absolute atomic E-state index is 9.84. The van der Waals surface area contributed by atoms with Crippen molar-refractivity contribution < 1.29 is 5.11 Å². The number of aliphatic hydroxyl groups is 1. The second-order valence-corrected chi connectivity index (χ2v) is 5.03. The summed E-state index contributed by atoms with van der Waals surface area (Å²) in [6.45, 7) is 6.71. The molecule has 0 aromatic carbocycles. The molecule has 2 heterocycles. The molecule has 0 amide bonds. The summed E-state index contributed by atoms with van der Waals surface area (Å²) in [5.41, 5.74) is -0.466. The van der Waals surface area contributed by atoms with Gasteiger partial charge in [0, 0.05) is 6.54 Å². The lowest BCUT2D eigenvalue weighted by Gasteiger charge is -2.11. The van der Waals surface area contributed by atoms with Gasteiger partial charge < -0.3 is 5.11 Å². The number of aryl methyl sites for hydroxylation is 1. The molecule has 0 spiro atoms. The molecule has 0 aliphatic carbocycles. The summed E-state index contributed by atoms with van der Waals surface area (Å²) in [6.07, 6.45) is 3.83. The normalized spacial score (nSPS) is 12.0. The lowest BCUT2D eigenvalue weighted by molar-refractivity contribution is 0.0737. The van der Waals surface area contributed by atoms with Crippen LogP contribution in [-0.2, 0) is 18.7 Å². The first-order valence-corrected chi connectivity index (χ1v) is 6.38. The minimum absolute atomic E-state index is 0.444. The molecular weight excluding hydrogens is 246 g/mol. The van der Waals surface area contributed by atoms with Gasteiger partial charge in [0.15, 0.2) is 5.82 Å². The fourth-order valence-electron chi connectivity index (χ4n) is 1.62. The smallest absolute Gasteiger partial charge is 0.172 e.